The molecule has 2 nitrogen and oxygen atoms in total. The van der Waals surface area contributed by atoms with Crippen LogP contribution in [0.4, 0.5) is 0 Å². The van der Waals surface area contributed by atoms with Crippen molar-refractivity contribution in [1.29, 1.82) is 0 Å². The molecule has 0 unspecified atom stereocenters. The van der Waals surface area contributed by atoms with Crippen LogP contribution in [0.25, 0.3) is 0 Å². The summed E-state index contributed by atoms with van der Waals surface area (Å²) in [6.07, 6.45) is 3.16. The highest BCUT2D eigenvalue weighted by atomic mass is 35.5. The first kappa shape index (κ1) is 9.53. The Balaban J connectivity index is 2.38. The highest BCUT2D eigenvalue weighted by Crippen LogP contribution is 2.34. The fourth-order valence-corrected chi connectivity index (χ4v) is 1.65. The highest BCUT2D eigenvalue weighted by molar-refractivity contribution is 6.32. The summed E-state index contributed by atoms with van der Waals surface area (Å²) >= 11 is 6.00. The summed E-state index contributed by atoms with van der Waals surface area (Å²) < 4.78 is 5.57. The summed E-state index contributed by atoms with van der Waals surface area (Å²) in [6, 6.07) is 3.60. The van der Waals surface area contributed by atoms with Gasteiger partial charge >= 0.3 is 0 Å². The van der Waals surface area contributed by atoms with Crippen LogP contribution in [0, 0.1) is 6.92 Å². The van der Waals surface area contributed by atoms with Gasteiger partial charge in [0.05, 0.1) is 16.7 Å². The lowest BCUT2D eigenvalue weighted by Crippen LogP contribution is -2.00. The first-order chi connectivity index (χ1) is 6.70. The molecule has 0 atom stereocenters. The smallest absolute Gasteiger partial charge is 0.153 e. The van der Waals surface area contributed by atoms with Crippen LogP contribution in [-0.4, -0.2) is 12.4 Å². The molecule has 1 aliphatic carbocycles. The zero-order chi connectivity index (χ0) is 10.1. The molecular formula is C11H11ClO2. The second kappa shape index (κ2) is 3.62. The van der Waals surface area contributed by atoms with Crippen LogP contribution in [0.1, 0.15) is 28.8 Å². The van der Waals surface area contributed by atoms with Crippen molar-refractivity contribution in [3.05, 3.63) is 28.3 Å². The summed E-state index contributed by atoms with van der Waals surface area (Å²) in [7, 11) is 0. The fraction of sp³-hybridized carbons (Fsp3) is 0.364. The van der Waals surface area contributed by atoms with Crippen LogP contribution in [0.3, 0.4) is 0 Å². The van der Waals surface area contributed by atoms with Gasteiger partial charge in [0, 0.05) is 0 Å². The maximum absolute atomic E-state index is 10.8. The van der Waals surface area contributed by atoms with Crippen LogP contribution in [0.5, 0.6) is 5.75 Å². The standard InChI is InChI=1S/C11H11ClO2/c1-7-4-8(6-13)11(10(12)5-7)14-9-2-3-9/h4-6,9H,2-3H2,1H3. The molecule has 0 radical (unpaired) electrons. The molecule has 1 saturated carbocycles. The minimum atomic E-state index is 0.258. The van der Waals surface area contributed by atoms with E-state index in [1.54, 1.807) is 6.07 Å². The van der Waals surface area contributed by atoms with Gasteiger partial charge in [-0.2, -0.15) is 0 Å². The van der Waals surface area contributed by atoms with Gasteiger partial charge in [-0.25, -0.2) is 0 Å². The highest BCUT2D eigenvalue weighted by Gasteiger charge is 2.25. The number of ether oxygens (including phenoxy) is 1. The van der Waals surface area contributed by atoms with E-state index >= 15 is 0 Å². The number of benzene rings is 1. The molecule has 1 fully saturated rings. The molecule has 0 amide bonds. The molecule has 1 aromatic carbocycles. The van der Waals surface area contributed by atoms with Gasteiger partial charge in [-0.3, -0.25) is 4.79 Å². The SMILES string of the molecule is Cc1cc(Cl)c(OC2CC2)c(C=O)c1. The van der Waals surface area contributed by atoms with Crippen molar-refractivity contribution in [2.24, 2.45) is 0 Å². The van der Waals surface area contributed by atoms with Crippen molar-refractivity contribution in [3.8, 4) is 5.75 Å². The third kappa shape index (κ3) is 1.90. The molecule has 3 heteroatoms. The Hall–Kier alpha value is -1.02. The van der Waals surface area contributed by atoms with Crippen LogP contribution in [0.2, 0.25) is 5.02 Å². The second-order valence-electron chi connectivity index (χ2n) is 3.60. The first-order valence-electron chi connectivity index (χ1n) is 4.62. The zero-order valence-corrected chi connectivity index (χ0v) is 8.67. The molecule has 0 N–H and O–H groups in total. The largest absolute Gasteiger partial charge is 0.488 e. The van der Waals surface area contributed by atoms with E-state index in [9.17, 15) is 4.79 Å². The zero-order valence-electron chi connectivity index (χ0n) is 7.92. The number of halogens is 1. The predicted octanol–water partition coefficient (Wildman–Crippen LogP) is 3.00. The van der Waals surface area contributed by atoms with Crippen molar-refractivity contribution in [2.45, 2.75) is 25.9 Å². The average molecular weight is 211 g/mol. The van der Waals surface area contributed by atoms with E-state index in [4.69, 9.17) is 16.3 Å². The minimum absolute atomic E-state index is 0.258. The van der Waals surface area contributed by atoms with Gasteiger partial charge in [0.15, 0.2) is 6.29 Å². The number of rotatable bonds is 3. The molecule has 0 aliphatic heterocycles. The van der Waals surface area contributed by atoms with Crippen molar-refractivity contribution in [3.63, 3.8) is 0 Å². The van der Waals surface area contributed by atoms with Crippen LogP contribution < -0.4 is 4.74 Å². The molecule has 0 saturated heterocycles. The van der Waals surface area contributed by atoms with E-state index in [-0.39, 0.29) is 6.10 Å². The van der Waals surface area contributed by atoms with E-state index in [0.717, 1.165) is 24.7 Å². The number of carbonyl (C=O) groups excluding carboxylic acids is 1. The van der Waals surface area contributed by atoms with Crippen LogP contribution in [0.15, 0.2) is 12.1 Å². The third-order valence-electron chi connectivity index (χ3n) is 2.15. The Morgan fingerprint density at radius 2 is 2.21 bits per heavy atom. The molecule has 0 aromatic heterocycles. The quantitative estimate of drug-likeness (QED) is 0.717. The lowest BCUT2D eigenvalue weighted by Gasteiger charge is -2.09. The summed E-state index contributed by atoms with van der Waals surface area (Å²) in [5.74, 6) is 0.537. The van der Waals surface area contributed by atoms with Gasteiger partial charge in [-0.05, 0) is 37.5 Å². The molecule has 0 bridgehead atoms. The van der Waals surface area contributed by atoms with Crippen LogP contribution in [-0.2, 0) is 0 Å². The molecule has 0 heterocycles. The third-order valence-corrected chi connectivity index (χ3v) is 2.43. The van der Waals surface area contributed by atoms with E-state index in [1.807, 2.05) is 13.0 Å². The predicted molar refractivity (Wildman–Crippen MR) is 55.2 cm³/mol. The molecule has 0 spiro atoms. The average Bonchev–Trinajstić information content (AvgIpc) is 2.93. The van der Waals surface area contributed by atoms with Gasteiger partial charge in [0.2, 0.25) is 0 Å². The Kier molecular flexibility index (Phi) is 2.46. The van der Waals surface area contributed by atoms with Gasteiger partial charge in [0.1, 0.15) is 5.75 Å². The lowest BCUT2D eigenvalue weighted by molar-refractivity contribution is 0.111. The molecular weight excluding hydrogens is 200 g/mol. The molecule has 74 valence electrons. The molecule has 14 heavy (non-hydrogen) atoms. The number of hydrogen-bond acceptors (Lipinski definition) is 2. The lowest BCUT2D eigenvalue weighted by atomic mass is 10.1. The Morgan fingerprint density at radius 1 is 1.50 bits per heavy atom. The summed E-state index contributed by atoms with van der Waals surface area (Å²) in [6.45, 7) is 1.90. The molecule has 1 aromatic rings. The van der Waals surface area contributed by atoms with E-state index in [0.29, 0.717) is 16.3 Å². The molecule has 1 aliphatic rings. The number of carbonyl (C=O) groups is 1. The van der Waals surface area contributed by atoms with E-state index in [1.165, 1.54) is 0 Å². The fourth-order valence-electron chi connectivity index (χ4n) is 1.32. The van der Waals surface area contributed by atoms with Crippen molar-refractivity contribution in [2.75, 3.05) is 0 Å². The molecule has 2 rings (SSSR count). The second-order valence-corrected chi connectivity index (χ2v) is 4.01. The number of hydrogen-bond donors (Lipinski definition) is 0. The summed E-state index contributed by atoms with van der Waals surface area (Å²) in [5, 5.41) is 0.527. The van der Waals surface area contributed by atoms with Gasteiger partial charge in [-0.15, -0.1) is 0 Å². The first-order valence-corrected chi connectivity index (χ1v) is 5.00. The minimum Gasteiger partial charge on any atom is -0.488 e. The van der Waals surface area contributed by atoms with Crippen molar-refractivity contribution in [1.82, 2.24) is 0 Å². The monoisotopic (exact) mass is 210 g/mol. The summed E-state index contributed by atoms with van der Waals surface area (Å²) in [5.41, 5.74) is 1.52. The Morgan fingerprint density at radius 3 is 2.79 bits per heavy atom. The number of aldehydes is 1. The van der Waals surface area contributed by atoms with Gasteiger partial charge in [-0.1, -0.05) is 11.6 Å². The van der Waals surface area contributed by atoms with Gasteiger partial charge < -0.3 is 4.74 Å². The van der Waals surface area contributed by atoms with Gasteiger partial charge in [0.25, 0.3) is 0 Å². The summed E-state index contributed by atoms with van der Waals surface area (Å²) in [4.78, 5) is 10.8. The van der Waals surface area contributed by atoms with E-state index < -0.39 is 0 Å². The van der Waals surface area contributed by atoms with E-state index in [2.05, 4.69) is 0 Å². The van der Waals surface area contributed by atoms with Crippen molar-refractivity contribution < 1.29 is 9.53 Å². The number of aryl methyl sites for hydroxylation is 1. The Labute approximate surface area is 87.8 Å². The topological polar surface area (TPSA) is 26.3 Å². The van der Waals surface area contributed by atoms with Crippen LogP contribution >= 0.6 is 11.6 Å². The Bertz CT molecular complexity index is 370. The maximum atomic E-state index is 10.8. The normalized spacial score (nSPS) is 15.3. The maximum Gasteiger partial charge on any atom is 0.153 e. The van der Waals surface area contributed by atoms with Crippen molar-refractivity contribution >= 4 is 17.9 Å².